The number of carboxylic acid groups (broad SMARTS) is 1. The van der Waals surface area contributed by atoms with E-state index in [0.29, 0.717) is 17.7 Å². The smallest absolute Gasteiger partial charge is 0.490 e. The van der Waals surface area contributed by atoms with E-state index in [-0.39, 0.29) is 17.9 Å². The summed E-state index contributed by atoms with van der Waals surface area (Å²) in [6, 6.07) is 7.80. The number of rotatable bonds is 5. The molecule has 0 aliphatic carbocycles. The maximum atomic E-state index is 12.4. The summed E-state index contributed by atoms with van der Waals surface area (Å²) in [6.07, 6.45) is -3.05. The molecule has 2 aliphatic heterocycles. The van der Waals surface area contributed by atoms with Crippen LogP contribution >= 0.6 is 11.6 Å². The van der Waals surface area contributed by atoms with Gasteiger partial charge in [0.05, 0.1) is 12.0 Å². The molecule has 1 N–H and O–H groups in total. The first-order valence-corrected chi connectivity index (χ1v) is 10.1. The standard InChI is InChI=1S/C18H25ClN2O3.C2HF3O2/c1-20(2)18(22)13-11-17-16(7-9-24-17)21(12-13)8-10-23-15-5-3-14(19)4-6-15;3-2(4,5)1(6)7/h3-6,13,16-17H,7-12H2,1-2H3;(H,6,7)/t13-,16+,17+;/m0./s1. The number of carbonyl (C=O) groups excluding carboxylic acids is 1. The lowest BCUT2D eigenvalue weighted by Crippen LogP contribution is -2.53. The summed E-state index contributed by atoms with van der Waals surface area (Å²) < 4.78 is 43.4. The fraction of sp³-hybridized carbons (Fsp3) is 0.600. The Kier molecular flexibility index (Phi) is 8.96. The zero-order chi connectivity index (χ0) is 23.2. The molecule has 0 aromatic heterocycles. The summed E-state index contributed by atoms with van der Waals surface area (Å²) in [7, 11) is 3.63. The molecule has 2 heterocycles. The Balaban J connectivity index is 0.000000423. The van der Waals surface area contributed by atoms with E-state index >= 15 is 0 Å². The van der Waals surface area contributed by atoms with Crippen LogP contribution < -0.4 is 4.74 Å². The van der Waals surface area contributed by atoms with Crippen LogP contribution in [0.4, 0.5) is 13.2 Å². The summed E-state index contributed by atoms with van der Waals surface area (Å²) in [5.74, 6) is -1.74. The largest absolute Gasteiger partial charge is 0.492 e. The molecule has 0 spiro atoms. The molecule has 1 aromatic rings. The number of halogens is 4. The van der Waals surface area contributed by atoms with Crippen molar-refractivity contribution in [3.8, 4) is 5.75 Å². The van der Waals surface area contributed by atoms with Crippen LogP contribution in [0.2, 0.25) is 5.02 Å². The molecule has 2 saturated heterocycles. The molecule has 0 radical (unpaired) electrons. The second-order valence-electron chi connectivity index (χ2n) is 7.53. The highest BCUT2D eigenvalue weighted by Gasteiger charge is 2.42. The maximum absolute atomic E-state index is 12.4. The number of aliphatic carboxylic acids is 1. The van der Waals surface area contributed by atoms with Gasteiger partial charge in [0.1, 0.15) is 12.4 Å². The molecule has 2 aliphatic rings. The number of alkyl halides is 3. The molecule has 0 bridgehead atoms. The highest BCUT2D eigenvalue weighted by molar-refractivity contribution is 6.30. The SMILES string of the molecule is CN(C)C(=O)[C@H]1C[C@H]2OCC[C@H]2N(CCOc2ccc(Cl)cc2)C1.O=C(O)C(F)(F)F. The number of benzene rings is 1. The number of hydrogen-bond donors (Lipinski definition) is 1. The summed E-state index contributed by atoms with van der Waals surface area (Å²) in [4.78, 5) is 25.3. The lowest BCUT2D eigenvalue weighted by Gasteiger charge is -2.40. The minimum absolute atomic E-state index is 0.00915. The Morgan fingerprint density at radius 3 is 2.45 bits per heavy atom. The lowest BCUT2D eigenvalue weighted by atomic mass is 9.89. The Hall–Kier alpha value is -2.04. The van der Waals surface area contributed by atoms with E-state index in [0.717, 1.165) is 38.3 Å². The monoisotopic (exact) mass is 466 g/mol. The van der Waals surface area contributed by atoms with Crippen molar-refractivity contribution < 1.29 is 37.3 Å². The highest BCUT2D eigenvalue weighted by atomic mass is 35.5. The van der Waals surface area contributed by atoms with E-state index in [1.807, 2.05) is 38.4 Å². The normalized spacial score (nSPS) is 23.4. The van der Waals surface area contributed by atoms with Gasteiger partial charge in [-0.2, -0.15) is 13.2 Å². The van der Waals surface area contributed by atoms with Gasteiger partial charge in [-0.3, -0.25) is 9.69 Å². The third-order valence-corrected chi connectivity index (χ3v) is 5.36. The first-order chi connectivity index (χ1) is 14.5. The van der Waals surface area contributed by atoms with Crippen LogP contribution in [-0.2, 0) is 14.3 Å². The van der Waals surface area contributed by atoms with Crippen molar-refractivity contribution in [2.45, 2.75) is 31.2 Å². The predicted molar refractivity (Wildman–Crippen MR) is 107 cm³/mol. The number of likely N-dealkylation sites (tertiary alicyclic amines) is 1. The number of hydrogen-bond acceptors (Lipinski definition) is 5. The number of piperidine rings is 1. The van der Waals surface area contributed by atoms with E-state index in [2.05, 4.69) is 4.90 Å². The summed E-state index contributed by atoms with van der Waals surface area (Å²) in [5, 5.41) is 7.83. The van der Waals surface area contributed by atoms with Gasteiger partial charge in [0.2, 0.25) is 5.91 Å². The molecular formula is C20H26ClF3N2O5. The molecule has 2 fully saturated rings. The average Bonchev–Trinajstić information content (AvgIpc) is 3.17. The summed E-state index contributed by atoms with van der Waals surface area (Å²) >= 11 is 5.89. The second-order valence-corrected chi connectivity index (χ2v) is 7.97. The fourth-order valence-electron chi connectivity index (χ4n) is 3.67. The van der Waals surface area contributed by atoms with Crippen LogP contribution in [0.3, 0.4) is 0 Å². The molecule has 174 valence electrons. The van der Waals surface area contributed by atoms with Crippen LogP contribution in [0.1, 0.15) is 12.8 Å². The van der Waals surface area contributed by atoms with Gasteiger partial charge in [0, 0.05) is 44.9 Å². The van der Waals surface area contributed by atoms with Crippen LogP contribution in [0.5, 0.6) is 5.75 Å². The minimum Gasteiger partial charge on any atom is -0.492 e. The topological polar surface area (TPSA) is 79.3 Å². The molecule has 3 atom stereocenters. The molecule has 0 unspecified atom stereocenters. The summed E-state index contributed by atoms with van der Waals surface area (Å²) in [5.41, 5.74) is 0. The highest BCUT2D eigenvalue weighted by Crippen LogP contribution is 2.31. The van der Waals surface area contributed by atoms with Crippen LogP contribution in [-0.4, -0.2) is 85.5 Å². The van der Waals surface area contributed by atoms with E-state index < -0.39 is 12.1 Å². The molecule has 3 rings (SSSR count). The predicted octanol–water partition coefficient (Wildman–Crippen LogP) is 2.92. The first-order valence-electron chi connectivity index (χ1n) is 9.74. The Morgan fingerprint density at radius 1 is 1.29 bits per heavy atom. The quantitative estimate of drug-likeness (QED) is 0.719. The third kappa shape index (κ3) is 7.55. The molecule has 31 heavy (non-hydrogen) atoms. The van der Waals surface area contributed by atoms with Crippen LogP contribution in [0.25, 0.3) is 0 Å². The Labute approximate surface area is 183 Å². The number of carboxylic acids is 1. The van der Waals surface area contributed by atoms with E-state index in [1.165, 1.54) is 0 Å². The van der Waals surface area contributed by atoms with E-state index in [9.17, 15) is 18.0 Å². The van der Waals surface area contributed by atoms with Gasteiger partial charge in [0.25, 0.3) is 0 Å². The first kappa shape index (κ1) is 25.2. The number of amides is 1. The van der Waals surface area contributed by atoms with Gasteiger partial charge in [-0.05, 0) is 37.1 Å². The molecule has 1 amide bonds. The van der Waals surface area contributed by atoms with Crippen LogP contribution in [0, 0.1) is 5.92 Å². The molecule has 11 heteroatoms. The van der Waals surface area contributed by atoms with Crippen molar-refractivity contribution in [2.75, 3.05) is 40.4 Å². The van der Waals surface area contributed by atoms with Gasteiger partial charge in [-0.15, -0.1) is 0 Å². The summed E-state index contributed by atoms with van der Waals surface area (Å²) in [6.45, 7) is 2.95. The molecule has 1 aromatic carbocycles. The maximum Gasteiger partial charge on any atom is 0.490 e. The molecular weight excluding hydrogens is 441 g/mol. The fourth-order valence-corrected chi connectivity index (χ4v) is 3.79. The zero-order valence-corrected chi connectivity index (χ0v) is 18.0. The number of ether oxygens (including phenoxy) is 2. The van der Waals surface area contributed by atoms with Crippen molar-refractivity contribution in [1.82, 2.24) is 9.80 Å². The lowest BCUT2D eigenvalue weighted by molar-refractivity contribution is -0.192. The van der Waals surface area contributed by atoms with Crippen molar-refractivity contribution >= 4 is 23.5 Å². The van der Waals surface area contributed by atoms with E-state index in [1.54, 1.807) is 4.90 Å². The van der Waals surface area contributed by atoms with Crippen molar-refractivity contribution in [3.63, 3.8) is 0 Å². The Bertz CT molecular complexity index is 745. The molecule has 7 nitrogen and oxygen atoms in total. The molecule has 0 saturated carbocycles. The number of fused-ring (bicyclic) bond motifs is 1. The van der Waals surface area contributed by atoms with Crippen molar-refractivity contribution in [1.29, 1.82) is 0 Å². The van der Waals surface area contributed by atoms with Crippen molar-refractivity contribution in [3.05, 3.63) is 29.3 Å². The van der Waals surface area contributed by atoms with Gasteiger partial charge < -0.3 is 19.5 Å². The Morgan fingerprint density at radius 2 is 1.90 bits per heavy atom. The number of nitrogens with zero attached hydrogens (tertiary/aromatic N) is 2. The average molecular weight is 467 g/mol. The minimum atomic E-state index is -5.08. The van der Waals surface area contributed by atoms with Gasteiger partial charge >= 0.3 is 12.1 Å². The number of carbonyl (C=O) groups is 2. The van der Waals surface area contributed by atoms with Gasteiger partial charge in [0.15, 0.2) is 0 Å². The van der Waals surface area contributed by atoms with Gasteiger partial charge in [-0.25, -0.2) is 4.79 Å². The van der Waals surface area contributed by atoms with Crippen LogP contribution in [0.15, 0.2) is 24.3 Å². The van der Waals surface area contributed by atoms with E-state index in [4.69, 9.17) is 31.0 Å². The zero-order valence-electron chi connectivity index (χ0n) is 17.3. The third-order valence-electron chi connectivity index (χ3n) is 5.11. The second kappa shape index (κ2) is 11.0. The van der Waals surface area contributed by atoms with Crippen molar-refractivity contribution in [2.24, 2.45) is 5.92 Å². The van der Waals surface area contributed by atoms with Gasteiger partial charge in [-0.1, -0.05) is 11.6 Å².